The lowest BCUT2D eigenvalue weighted by Crippen LogP contribution is -2.38. The largest absolute Gasteiger partial charge is 0.384 e. The fourth-order valence-electron chi connectivity index (χ4n) is 2.62. The van der Waals surface area contributed by atoms with E-state index in [9.17, 15) is 8.42 Å². The standard InChI is InChI=1S/C16H21NO3S/c1-14-7-3-2-4-11-17(14)21(19,20)16-10-5-8-15(13-16)9-6-12-18/h5,8,10,13-14,18H,2-4,7,11-12H2,1H3. The predicted molar refractivity (Wildman–Crippen MR) is 82.2 cm³/mol. The molecule has 0 saturated carbocycles. The average Bonchev–Trinajstić information content (AvgIpc) is 2.70. The molecule has 0 amide bonds. The molecule has 0 aromatic heterocycles. The average molecular weight is 307 g/mol. The molecule has 1 atom stereocenters. The summed E-state index contributed by atoms with van der Waals surface area (Å²) in [6.07, 6.45) is 3.98. The van der Waals surface area contributed by atoms with Crippen molar-refractivity contribution in [2.75, 3.05) is 13.2 Å². The van der Waals surface area contributed by atoms with Crippen LogP contribution in [0, 0.1) is 11.8 Å². The van der Waals surface area contributed by atoms with E-state index >= 15 is 0 Å². The molecular formula is C16H21NO3S. The molecule has 114 valence electrons. The fraction of sp³-hybridized carbons (Fsp3) is 0.500. The minimum atomic E-state index is -3.48. The number of sulfonamides is 1. The van der Waals surface area contributed by atoms with Gasteiger partial charge in [-0.05, 0) is 38.0 Å². The van der Waals surface area contributed by atoms with Crippen molar-refractivity contribution in [1.29, 1.82) is 0 Å². The molecule has 0 aliphatic carbocycles. The van der Waals surface area contributed by atoms with Gasteiger partial charge in [-0.15, -0.1) is 0 Å². The Kier molecular flexibility index (Phi) is 5.40. The summed E-state index contributed by atoms with van der Waals surface area (Å²) in [5.41, 5.74) is 0.604. The van der Waals surface area contributed by atoms with E-state index < -0.39 is 10.0 Å². The minimum Gasteiger partial charge on any atom is -0.384 e. The molecule has 5 heteroatoms. The maximum absolute atomic E-state index is 12.8. The van der Waals surface area contributed by atoms with Gasteiger partial charge in [0.05, 0.1) is 4.90 Å². The predicted octanol–water partition coefficient (Wildman–Crippen LogP) is 1.98. The highest BCUT2D eigenvalue weighted by Crippen LogP contribution is 2.24. The first-order valence-corrected chi connectivity index (χ1v) is 8.71. The van der Waals surface area contributed by atoms with Gasteiger partial charge in [-0.1, -0.05) is 30.7 Å². The van der Waals surface area contributed by atoms with Crippen LogP contribution in [-0.4, -0.2) is 37.0 Å². The fourth-order valence-corrected chi connectivity index (χ4v) is 4.36. The number of rotatable bonds is 2. The number of aliphatic hydroxyl groups excluding tert-OH is 1. The molecule has 21 heavy (non-hydrogen) atoms. The molecule has 1 aromatic rings. The van der Waals surface area contributed by atoms with Crippen molar-refractivity contribution in [1.82, 2.24) is 4.31 Å². The molecule has 0 spiro atoms. The van der Waals surface area contributed by atoms with E-state index in [1.54, 1.807) is 28.6 Å². The summed E-state index contributed by atoms with van der Waals surface area (Å²) in [4.78, 5) is 0.279. The van der Waals surface area contributed by atoms with Crippen molar-refractivity contribution in [3.8, 4) is 11.8 Å². The second kappa shape index (κ2) is 7.08. The van der Waals surface area contributed by atoms with E-state index in [1.165, 1.54) is 0 Å². The summed E-state index contributed by atoms with van der Waals surface area (Å²) in [7, 11) is -3.48. The molecule has 1 saturated heterocycles. The maximum Gasteiger partial charge on any atom is 0.243 e. The van der Waals surface area contributed by atoms with E-state index in [-0.39, 0.29) is 17.5 Å². The van der Waals surface area contributed by atoms with E-state index in [4.69, 9.17) is 5.11 Å². The Morgan fingerprint density at radius 1 is 1.33 bits per heavy atom. The smallest absolute Gasteiger partial charge is 0.243 e. The van der Waals surface area contributed by atoms with Crippen molar-refractivity contribution in [3.63, 3.8) is 0 Å². The molecule has 1 aliphatic rings. The zero-order chi connectivity index (χ0) is 15.3. The van der Waals surface area contributed by atoms with Crippen molar-refractivity contribution in [2.24, 2.45) is 0 Å². The number of nitrogens with zero attached hydrogens (tertiary/aromatic N) is 1. The van der Waals surface area contributed by atoms with Gasteiger partial charge < -0.3 is 5.11 Å². The minimum absolute atomic E-state index is 0.0321. The third-order valence-electron chi connectivity index (χ3n) is 3.74. The summed E-state index contributed by atoms with van der Waals surface area (Å²) >= 11 is 0. The lowest BCUT2D eigenvalue weighted by Gasteiger charge is -2.26. The van der Waals surface area contributed by atoms with Crippen LogP contribution in [0.15, 0.2) is 29.2 Å². The molecule has 1 aliphatic heterocycles. The third kappa shape index (κ3) is 3.85. The third-order valence-corrected chi connectivity index (χ3v) is 5.75. The lowest BCUT2D eigenvalue weighted by molar-refractivity contribution is 0.342. The highest BCUT2D eigenvalue weighted by atomic mass is 32.2. The second-order valence-electron chi connectivity index (χ2n) is 5.30. The van der Waals surface area contributed by atoms with Gasteiger partial charge in [0, 0.05) is 18.2 Å². The Bertz CT molecular complexity index is 643. The van der Waals surface area contributed by atoms with Gasteiger partial charge in [0.15, 0.2) is 0 Å². The lowest BCUT2D eigenvalue weighted by atomic mass is 10.1. The molecule has 0 bridgehead atoms. The Morgan fingerprint density at radius 2 is 2.14 bits per heavy atom. The van der Waals surface area contributed by atoms with Crippen molar-refractivity contribution in [2.45, 2.75) is 43.5 Å². The quantitative estimate of drug-likeness (QED) is 0.850. The van der Waals surface area contributed by atoms with Crippen LogP contribution in [0.25, 0.3) is 0 Å². The molecule has 0 radical (unpaired) electrons. The molecule has 4 nitrogen and oxygen atoms in total. The van der Waals surface area contributed by atoms with Gasteiger partial charge in [0.1, 0.15) is 6.61 Å². The number of benzene rings is 1. The SMILES string of the molecule is CC1CCCCCN1S(=O)(=O)c1cccc(C#CCO)c1. The molecule has 1 aromatic carbocycles. The van der Waals surface area contributed by atoms with Crippen LogP contribution in [0.4, 0.5) is 0 Å². The van der Waals surface area contributed by atoms with Crippen LogP contribution in [0.3, 0.4) is 0 Å². The Labute approximate surface area is 126 Å². The first kappa shape index (κ1) is 16.0. The van der Waals surface area contributed by atoms with Crippen LogP contribution in [-0.2, 0) is 10.0 Å². The molecule has 1 unspecified atom stereocenters. The Hall–Kier alpha value is -1.35. The number of hydrogen-bond acceptors (Lipinski definition) is 3. The second-order valence-corrected chi connectivity index (χ2v) is 7.19. The number of aliphatic hydroxyl groups is 1. The highest BCUT2D eigenvalue weighted by Gasteiger charge is 2.29. The number of hydrogen-bond donors (Lipinski definition) is 1. The first-order chi connectivity index (χ1) is 10.1. The Balaban J connectivity index is 2.34. The molecule has 1 N–H and O–H groups in total. The normalized spacial score (nSPS) is 20.4. The first-order valence-electron chi connectivity index (χ1n) is 7.27. The zero-order valence-electron chi connectivity index (χ0n) is 12.2. The van der Waals surface area contributed by atoms with Gasteiger partial charge in [-0.3, -0.25) is 0 Å². The van der Waals surface area contributed by atoms with Crippen LogP contribution in [0.5, 0.6) is 0 Å². The van der Waals surface area contributed by atoms with Crippen molar-refractivity contribution >= 4 is 10.0 Å². The van der Waals surface area contributed by atoms with E-state index in [1.807, 2.05) is 6.92 Å². The molecule has 2 rings (SSSR count). The van der Waals surface area contributed by atoms with Crippen LogP contribution in [0.1, 0.15) is 38.2 Å². The Morgan fingerprint density at radius 3 is 2.90 bits per heavy atom. The van der Waals surface area contributed by atoms with Gasteiger partial charge >= 0.3 is 0 Å². The molecular weight excluding hydrogens is 286 g/mol. The van der Waals surface area contributed by atoms with Crippen LogP contribution in [0.2, 0.25) is 0 Å². The van der Waals surface area contributed by atoms with Crippen LogP contribution < -0.4 is 0 Å². The van der Waals surface area contributed by atoms with Gasteiger partial charge in [0.25, 0.3) is 0 Å². The van der Waals surface area contributed by atoms with Crippen molar-refractivity contribution in [3.05, 3.63) is 29.8 Å². The summed E-state index contributed by atoms with van der Waals surface area (Å²) in [6.45, 7) is 2.31. The topological polar surface area (TPSA) is 57.6 Å². The summed E-state index contributed by atoms with van der Waals surface area (Å²) in [6, 6.07) is 6.65. The summed E-state index contributed by atoms with van der Waals surface area (Å²) < 4.78 is 27.2. The van der Waals surface area contributed by atoms with Gasteiger partial charge in [-0.2, -0.15) is 4.31 Å². The van der Waals surface area contributed by atoms with Gasteiger partial charge in [0.2, 0.25) is 10.0 Å². The molecule has 1 heterocycles. The zero-order valence-corrected chi connectivity index (χ0v) is 13.1. The van der Waals surface area contributed by atoms with E-state index in [0.717, 1.165) is 25.7 Å². The molecule has 1 fully saturated rings. The van der Waals surface area contributed by atoms with Gasteiger partial charge in [-0.25, -0.2) is 8.42 Å². The monoisotopic (exact) mass is 307 g/mol. The van der Waals surface area contributed by atoms with Crippen molar-refractivity contribution < 1.29 is 13.5 Å². The maximum atomic E-state index is 12.8. The van der Waals surface area contributed by atoms with E-state index in [2.05, 4.69) is 11.8 Å². The van der Waals surface area contributed by atoms with E-state index in [0.29, 0.717) is 12.1 Å². The highest BCUT2D eigenvalue weighted by molar-refractivity contribution is 7.89. The summed E-state index contributed by atoms with van der Waals surface area (Å²) in [5, 5.41) is 8.73. The van der Waals surface area contributed by atoms with Crippen LogP contribution >= 0.6 is 0 Å². The summed E-state index contributed by atoms with van der Waals surface area (Å²) in [5.74, 6) is 5.29.